The molecule has 5 rings (SSSR count). The predicted octanol–water partition coefficient (Wildman–Crippen LogP) is 4.84. The van der Waals surface area contributed by atoms with Crippen molar-refractivity contribution in [3.05, 3.63) is 88.1 Å². The lowest BCUT2D eigenvalue weighted by Gasteiger charge is -2.23. The molecule has 1 atom stereocenters. The van der Waals surface area contributed by atoms with Gasteiger partial charge in [-0.1, -0.05) is 48.5 Å². The van der Waals surface area contributed by atoms with Crippen molar-refractivity contribution in [2.24, 2.45) is 0 Å². The molecule has 3 heterocycles. The SMILES string of the molecule is COCCNC(=O)CN1C(=O)CS[C@@H](c2cccs2)c2c(-c3ccccc3)nn(-c3cccc(C)c3)c21. The van der Waals surface area contributed by atoms with Crippen LogP contribution in [0.4, 0.5) is 5.82 Å². The number of carbonyl (C=O) groups is 2. The standard InChI is InChI=1S/C28H28N4O3S2/c1-19-8-6-11-21(16-19)32-28-25(26(30-32)20-9-4-3-5-10-20)27(22-12-7-15-36-22)37-18-24(34)31(28)17-23(33)29-13-14-35-2/h3-12,15-16,27H,13-14,17-18H2,1-2H3,(H,29,33)/t27-/m0/s1. The van der Waals surface area contributed by atoms with Crippen LogP contribution in [-0.2, 0) is 14.3 Å². The van der Waals surface area contributed by atoms with Crippen molar-refractivity contribution in [3.8, 4) is 16.9 Å². The third-order valence-electron chi connectivity index (χ3n) is 6.11. The van der Waals surface area contributed by atoms with E-state index in [4.69, 9.17) is 9.84 Å². The van der Waals surface area contributed by atoms with E-state index in [1.54, 1.807) is 35.1 Å². The quantitative estimate of drug-likeness (QED) is 0.329. The molecule has 0 radical (unpaired) electrons. The first-order valence-corrected chi connectivity index (χ1v) is 14.0. The summed E-state index contributed by atoms with van der Waals surface area (Å²) in [7, 11) is 1.59. The Labute approximate surface area is 224 Å². The number of thiophene rings is 1. The van der Waals surface area contributed by atoms with E-state index in [1.165, 1.54) is 0 Å². The number of ether oxygens (including phenoxy) is 1. The number of methoxy groups -OCH3 is 1. The summed E-state index contributed by atoms with van der Waals surface area (Å²) in [5, 5.41) is 9.91. The van der Waals surface area contributed by atoms with Gasteiger partial charge in [0, 0.05) is 29.7 Å². The van der Waals surface area contributed by atoms with Crippen LogP contribution in [0.25, 0.3) is 16.9 Å². The Morgan fingerprint density at radius 1 is 1.14 bits per heavy atom. The lowest BCUT2D eigenvalue weighted by atomic mass is 10.0. The summed E-state index contributed by atoms with van der Waals surface area (Å²) in [6.07, 6.45) is 0. The van der Waals surface area contributed by atoms with Crippen LogP contribution in [0.5, 0.6) is 0 Å². The lowest BCUT2D eigenvalue weighted by molar-refractivity contribution is -0.123. The maximum Gasteiger partial charge on any atom is 0.240 e. The number of carbonyl (C=O) groups excluding carboxylic acids is 2. The zero-order valence-corrected chi connectivity index (χ0v) is 22.3. The lowest BCUT2D eigenvalue weighted by Crippen LogP contribution is -2.43. The largest absolute Gasteiger partial charge is 0.383 e. The molecule has 1 aliphatic heterocycles. The van der Waals surface area contributed by atoms with Crippen molar-refractivity contribution in [1.82, 2.24) is 15.1 Å². The highest BCUT2D eigenvalue weighted by atomic mass is 32.2. The Hall–Kier alpha value is -3.40. The second kappa shape index (κ2) is 11.3. The molecule has 0 saturated heterocycles. The van der Waals surface area contributed by atoms with Gasteiger partial charge in [0.25, 0.3) is 0 Å². The van der Waals surface area contributed by atoms with Gasteiger partial charge in [0.1, 0.15) is 12.4 Å². The summed E-state index contributed by atoms with van der Waals surface area (Å²) in [6, 6.07) is 22.2. The van der Waals surface area contributed by atoms with Gasteiger partial charge in [0.2, 0.25) is 11.8 Å². The fourth-order valence-corrected chi connectivity index (χ4v) is 6.60. The first-order valence-electron chi connectivity index (χ1n) is 12.0. The summed E-state index contributed by atoms with van der Waals surface area (Å²) in [5.74, 6) is 0.527. The number of rotatable bonds is 8. The average Bonchev–Trinajstić information content (AvgIpc) is 3.55. The minimum Gasteiger partial charge on any atom is -0.383 e. The number of nitrogens with one attached hydrogen (secondary N) is 1. The summed E-state index contributed by atoms with van der Waals surface area (Å²) < 4.78 is 6.89. The van der Waals surface area contributed by atoms with E-state index >= 15 is 0 Å². The number of fused-ring (bicyclic) bond motifs is 1. The average molecular weight is 533 g/mol. The van der Waals surface area contributed by atoms with E-state index in [2.05, 4.69) is 16.8 Å². The van der Waals surface area contributed by atoms with E-state index in [1.807, 2.05) is 72.3 Å². The second-order valence-electron chi connectivity index (χ2n) is 8.73. The van der Waals surface area contributed by atoms with E-state index in [-0.39, 0.29) is 29.4 Å². The molecule has 0 spiro atoms. The Morgan fingerprint density at radius 2 is 1.97 bits per heavy atom. The van der Waals surface area contributed by atoms with Crippen molar-refractivity contribution < 1.29 is 14.3 Å². The molecule has 9 heteroatoms. The molecule has 4 aromatic rings. The van der Waals surface area contributed by atoms with Crippen LogP contribution in [0.2, 0.25) is 0 Å². The predicted molar refractivity (Wildman–Crippen MR) is 150 cm³/mol. The highest BCUT2D eigenvalue weighted by Crippen LogP contribution is 2.49. The van der Waals surface area contributed by atoms with E-state index < -0.39 is 0 Å². The fourth-order valence-electron chi connectivity index (χ4n) is 4.43. The minimum absolute atomic E-state index is 0.0982. The summed E-state index contributed by atoms with van der Waals surface area (Å²) in [5.41, 5.74) is 4.63. The van der Waals surface area contributed by atoms with Gasteiger partial charge in [0.15, 0.2) is 0 Å². The molecule has 0 unspecified atom stereocenters. The van der Waals surface area contributed by atoms with Crippen LogP contribution < -0.4 is 10.2 Å². The Kier molecular flexibility index (Phi) is 7.73. The first kappa shape index (κ1) is 25.3. The van der Waals surface area contributed by atoms with Crippen molar-refractivity contribution in [3.63, 3.8) is 0 Å². The number of aryl methyl sites for hydroxylation is 1. The van der Waals surface area contributed by atoms with E-state index in [0.717, 1.165) is 32.9 Å². The number of benzene rings is 2. The molecule has 0 saturated carbocycles. The number of hydrogen-bond acceptors (Lipinski definition) is 6. The van der Waals surface area contributed by atoms with Gasteiger partial charge in [-0.2, -0.15) is 5.10 Å². The molecule has 0 fully saturated rings. The Morgan fingerprint density at radius 3 is 2.70 bits per heavy atom. The molecule has 2 amide bonds. The maximum absolute atomic E-state index is 13.6. The van der Waals surface area contributed by atoms with Crippen molar-refractivity contribution >= 4 is 40.7 Å². The van der Waals surface area contributed by atoms with Gasteiger partial charge in [-0.25, -0.2) is 4.68 Å². The number of thioether (sulfide) groups is 1. The van der Waals surface area contributed by atoms with Crippen molar-refractivity contribution in [1.29, 1.82) is 0 Å². The second-order valence-corrected chi connectivity index (χ2v) is 10.8. The minimum atomic E-state index is -0.242. The monoisotopic (exact) mass is 532 g/mol. The Bertz CT molecular complexity index is 1390. The number of amides is 2. The topological polar surface area (TPSA) is 76.5 Å². The van der Waals surface area contributed by atoms with Gasteiger partial charge < -0.3 is 10.1 Å². The van der Waals surface area contributed by atoms with Gasteiger partial charge in [-0.15, -0.1) is 23.1 Å². The molecule has 0 aliphatic carbocycles. The number of hydrogen-bond donors (Lipinski definition) is 1. The third kappa shape index (κ3) is 5.34. The molecule has 190 valence electrons. The zero-order valence-electron chi connectivity index (χ0n) is 20.7. The highest BCUT2D eigenvalue weighted by molar-refractivity contribution is 8.00. The van der Waals surface area contributed by atoms with Crippen LogP contribution in [0.1, 0.15) is 21.3 Å². The maximum atomic E-state index is 13.6. The van der Waals surface area contributed by atoms with Crippen molar-refractivity contribution in [2.45, 2.75) is 12.2 Å². The highest BCUT2D eigenvalue weighted by Gasteiger charge is 2.38. The van der Waals surface area contributed by atoms with Crippen LogP contribution in [0, 0.1) is 6.92 Å². The van der Waals surface area contributed by atoms with Crippen LogP contribution in [0.3, 0.4) is 0 Å². The summed E-state index contributed by atoms with van der Waals surface area (Å²) in [6.45, 7) is 2.71. The van der Waals surface area contributed by atoms with Crippen LogP contribution in [0.15, 0.2) is 72.1 Å². The molecule has 1 N–H and O–H groups in total. The number of aromatic nitrogens is 2. The number of anilines is 1. The summed E-state index contributed by atoms with van der Waals surface area (Å²) >= 11 is 3.24. The molecule has 37 heavy (non-hydrogen) atoms. The van der Waals surface area contributed by atoms with Gasteiger partial charge >= 0.3 is 0 Å². The first-order chi connectivity index (χ1) is 18.1. The zero-order chi connectivity index (χ0) is 25.8. The van der Waals surface area contributed by atoms with E-state index in [9.17, 15) is 9.59 Å². The molecule has 2 aromatic heterocycles. The number of nitrogens with zero attached hydrogens (tertiary/aromatic N) is 3. The molecule has 0 bridgehead atoms. The molecular weight excluding hydrogens is 504 g/mol. The van der Waals surface area contributed by atoms with Crippen molar-refractivity contribution in [2.75, 3.05) is 37.5 Å². The fraction of sp³-hybridized carbons (Fsp3) is 0.250. The molecular formula is C28H28N4O3S2. The van der Waals surface area contributed by atoms with Crippen LogP contribution >= 0.6 is 23.1 Å². The van der Waals surface area contributed by atoms with E-state index in [0.29, 0.717) is 19.0 Å². The van der Waals surface area contributed by atoms with Gasteiger partial charge in [0.05, 0.1) is 29.0 Å². The third-order valence-corrected chi connectivity index (χ3v) is 8.44. The van der Waals surface area contributed by atoms with Gasteiger partial charge in [-0.3, -0.25) is 14.5 Å². The summed E-state index contributed by atoms with van der Waals surface area (Å²) in [4.78, 5) is 29.3. The Balaban J connectivity index is 1.73. The normalized spacial score (nSPS) is 15.4. The molecule has 2 aromatic carbocycles. The molecule has 1 aliphatic rings. The molecule has 7 nitrogen and oxygen atoms in total. The smallest absolute Gasteiger partial charge is 0.240 e. The van der Waals surface area contributed by atoms with Crippen LogP contribution in [-0.4, -0.2) is 54.2 Å². The van der Waals surface area contributed by atoms with Gasteiger partial charge in [-0.05, 0) is 36.1 Å².